The van der Waals surface area contributed by atoms with Crippen molar-refractivity contribution in [3.05, 3.63) is 75.6 Å². The van der Waals surface area contributed by atoms with E-state index in [1.165, 1.54) is 0 Å². The van der Waals surface area contributed by atoms with E-state index in [4.69, 9.17) is 17.0 Å². The van der Waals surface area contributed by atoms with E-state index < -0.39 is 0 Å². The first kappa shape index (κ1) is 23.8. The molecule has 1 heterocycles. The summed E-state index contributed by atoms with van der Waals surface area (Å²) < 4.78 is 5.27. The second-order valence-electron chi connectivity index (χ2n) is 8.31. The minimum absolute atomic E-state index is 0.0866. The molecule has 0 fully saturated rings. The molecule has 0 aliphatic carbocycles. The minimum atomic E-state index is -0.0866. The number of pyridine rings is 1. The highest BCUT2D eigenvalue weighted by molar-refractivity contribution is 7.80. The Labute approximate surface area is 195 Å². The molecule has 0 saturated carbocycles. The maximum Gasteiger partial charge on any atom is 0.253 e. The van der Waals surface area contributed by atoms with E-state index in [-0.39, 0.29) is 5.56 Å². The topological polar surface area (TPSA) is 60.6 Å². The lowest BCUT2D eigenvalue weighted by atomic mass is 10.1. The van der Waals surface area contributed by atoms with Gasteiger partial charge < -0.3 is 24.8 Å². The van der Waals surface area contributed by atoms with Gasteiger partial charge in [-0.15, -0.1) is 0 Å². The quantitative estimate of drug-likeness (QED) is 0.382. The second kappa shape index (κ2) is 11.1. The summed E-state index contributed by atoms with van der Waals surface area (Å²) in [6.45, 7) is 4.83. The summed E-state index contributed by atoms with van der Waals surface area (Å²) in [5.41, 5.74) is 3.70. The number of hydrogen-bond acceptors (Lipinski definition) is 4. The van der Waals surface area contributed by atoms with Crippen LogP contribution in [0.2, 0.25) is 0 Å². The van der Waals surface area contributed by atoms with E-state index in [0.717, 1.165) is 47.3 Å². The lowest BCUT2D eigenvalue weighted by molar-refractivity contribution is 0.383. The average Bonchev–Trinajstić information content (AvgIpc) is 2.77. The number of aryl methyl sites for hydroxylation is 1. The van der Waals surface area contributed by atoms with Crippen molar-refractivity contribution in [3.63, 3.8) is 0 Å². The highest BCUT2D eigenvalue weighted by Gasteiger charge is 2.14. The lowest BCUT2D eigenvalue weighted by Crippen LogP contribution is -2.40. The predicted molar refractivity (Wildman–Crippen MR) is 135 cm³/mol. The number of aromatic nitrogens is 1. The number of nitrogens with one attached hydrogen (secondary N) is 2. The SMILES string of the molecule is COc1ccc(CN(Cc2cc3cc(C)ccc3[nH]c2=O)C(=S)NCCCN(C)C)cc1. The first-order chi connectivity index (χ1) is 15.4. The number of nitrogens with zero attached hydrogens (tertiary/aromatic N) is 2. The lowest BCUT2D eigenvalue weighted by Gasteiger charge is -2.26. The van der Waals surface area contributed by atoms with Gasteiger partial charge in [0.15, 0.2) is 5.11 Å². The maximum atomic E-state index is 12.8. The number of fused-ring (bicyclic) bond motifs is 1. The number of rotatable bonds is 9. The molecular weight excluding hydrogens is 420 g/mol. The third-order valence-corrected chi connectivity index (χ3v) is 5.72. The van der Waals surface area contributed by atoms with Crippen LogP contribution in [0.1, 0.15) is 23.1 Å². The van der Waals surface area contributed by atoms with E-state index in [1.54, 1.807) is 7.11 Å². The summed E-state index contributed by atoms with van der Waals surface area (Å²) >= 11 is 5.73. The molecule has 32 heavy (non-hydrogen) atoms. The normalized spacial score (nSPS) is 11.0. The van der Waals surface area contributed by atoms with E-state index >= 15 is 0 Å². The molecule has 0 radical (unpaired) electrons. The number of ether oxygens (including phenoxy) is 1. The Balaban J connectivity index is 1.82. The zero-order valence-corrected chi connectivity index (χ0v) is 20.1. The molecular formula is C25H32N4O2S. The molecule has 7 heteroatoms. The fraction of sp³-hybridized carbons (Fsp3) is 0.360. The minimum Gasteiger partial charge on any atom is -0.497 e. The van der Waals surface area contributed by atoms with Crippen molar-refractivity contribution in [1.82, 2.24) is 20.1 Å². The number of aromatic amines is 1. The molecule has 2 N–H and O–H groups in total. The first-order valence-corrected chi connectivity index (χ1v) is 11.2. The van der Waals surface area contributed by atoms with Gasteiger partial charge in [-0.25, -0.2) is 0 Å². The summed E-state index contributed by atoms with van der Waals surface area (Å²) in [5.74, 6) is 0.811. The summed E-state index contributed by atoms with van der Waals surface area (Å²) in [6, 6.07) is 15.9. The number of methoxy groups -OCH3 is 1. The van der Waals surface area contributed by atoms with Crippen LogP contribution in [0.15, 0.2) is 53.3 Å². The van der Waals surface area contributed by atoms with Crippen molar-refractivity contribution in [2.45, 2.75) is 26.4 Å². The number of hydrogen-bond donors (Lipinski definition) is 2. The summed E-state index contributed by atoms with van der Waals surface area (Å²) in [5, 5.41) is 5.02. The molecule has 0 spiro atoms. The van der Waals surface area contributed by atoms with Gasteiger partial charge in [0.1, 0.15) is 5.75 Å². The van der Waals surface area contributed by atoms with Crippen LogP contribution in [0, 0.1) is 6.92 Å². The maximum absolute atomic E-state index is 12.8. The number of thiocarbonyl (C=S) groups is 1. The molecule has 3 rings (SSSR count). The van der Waals surface area contributed by atoms with Crippen LogP contribution in [0.4, 0.5) is 0 Å². The van der Waals surface area contributed by atoms with Gasteiger partial charge in [0, 0.05) is 24.2 Å². The number of H-pyrrole nitrogens is 1. The fourth-order valence-electron chi connectivity index (χ4n) is 3.55. The van der Waals surface area contributed by atoms with Gasteiger partial charge in [0.25, 0.3) is 5.56 Å². The number of benzene rings is 2. The molecule has 0 atom stereocenters. The molecule has 3 aromatic rings. The van der Waals surface area contributed by atoms with Crippen LogP contribution < -0.4 is 15.6 Å². The first-order valence-electron chi connectivity index (χ1n) is 10.8. The molecule has 0 saturated heterocycles. The van der Waals surface area contributed by atoms with Crippen molar-refractivity contribution >= 4 is 28.2 Å². The standard InChI is InChI=1S/C25H32N4O2S/c1-18-6-11-23-20(14-18)15-21(24(30)27-23)17-29(25(32)26-12-5-13-28(2)3)16-19-7-9-22(31-4)10-8-19/h6-11,14-15H,5,12-13,16-17H2,1-4H3,(H,26,32)(H,27,30). The van der Waals surface area contributed by atoms with E-state index in [1.807, 2.05) is 54.3 Å². The molecule has 1 aromatic heterocycles. The Kier molecular flexibility index (Phi) is 8.25. The second-order valence-corrected chi connectivity index (χ2v) is 8.69. The van der Waals surface area contributed by atoms with Crippen molar-refractivity contribution < 1.29 is 4.74 Å². The Bertz CT molecular complexity index is 1110. The van der Waals surface area contributed by atoms with Crippen LogP contribution in [-0.2, 0) is 13.1 Å². The molecule has 0 unspecified atom stereocenters. The predicted octanol–water partition coefficient (Wildman–Crippen LogP) is 3.67. The fourth-order valence-corrected chi connectivity index (χ4v) is 3.78. The third-order valence-electron chi connectivity index (χ3n) is 5.32. The van der Waals surface area contributed by atoms with Gasteiger partial charge >= 0.3 is 0 Å². The molecule has 170 valence electrons. The third kappa shape index (κ3) is 6.55. The average molecular weight is 453 g/mol. The molecule has 0 aliphatic rings. The molecule has 6 nitrogen and oxygen atoms in total. The largest absolute Gasteiger partial charge is 0.497 e. The van der Waals surface area contributed by atoms with Gasteiger partial charge in [0.2, 0.25) is 0 Å². The van der Waals surface area contributed by atoms with Crippen LogP contribution in [-0.4, -0.2) is 54.2 Å². The molecule has 0 aliphatic heterocycles. The van der Waals surface area contributed by atoms with E-state index in [2.05, 4.69) is 35.4 Å². The Morgan fingerprint density at radius 1 is 1.09 bits per heavy atom. The van der Waals surface area contributed by atoms with Gasteiger partial charge in [-0.05, 0) is 87.5 Å². The van der Waals surface area contributed by atoms with Crippen molar-refractivity contribution in [1.29, 1.82) is 0 Å². The highest BCUT2D eigenvalue weighted by atomic mass is 32.1. The van der Waals surface area contributed by atoms with Crippen molar-refractivity contribution in [3.8, 4) is 5.75 Å². The van der Waals surface area contributed by atoms with Gasteiger partial charge in [-0.1, -0.05) is 23.8 Å². The molecule has 0 amide bonds. The van der Waals surface area contributed by atoms with E-state index in [0.29, 0.717) is 23.8 Å². The Hall–Kier alpha value is -2.90. The van der Waals surface area contributed by atoms with Crippen LogP contribution in [0.5, 0.6) is 5.75 Å². The van der Waals surface area contributed by atoms with Crippen molar-refractivity contribution in [2.24, 2.45) is 0 Å². The summed E-state index contributed by atoms with van der Waals surface area (Å²) in [6.07, 6.45) is 0.985. The Morgan fingerprint density at radius 3 is 2.53 bits per heavy atom. The zero-order chi connectivity index (χ0) is 23.1. The van der Waals surface area contributed by atoms with Crippen LogP contribution in [0.3, 0.4) is 0 Å². The monoisotopic (exact) mass is 452 g/mol. The zero-order valence-electron chi connectivity index (χ0n) is 19.3. The smallest absolute Gasteiger partial charge is 0.253 e. The Morgan fingerprint density at radius 2 is 1.84 bits per heavy atom. The van der Waals surface area contributed by atoms with Gasteiger partial charge in [0.05, 0.1) is 13.7 Å². The molecule has 2 aromatic carbocycles. The summed E-state index contributed by atoms with van der Waals surface area (Å²) in [7, 11) is 5.77. The van der Waals surface area contributed by atoms with Crippen LogP contribution in [0.25, 0.3) is 10.9 Å². The van der Waals surface area contributed by atoms with Crippen molar-refractivity contribution in [2.75, 3.05) is 34.3 Å². The van der Waals surface area contributed by atoms with Crippen LogP contribution >= 0.6 is 12.2 Å². The van der Waals surface area contributed by atoms with Gasteiger partial charge in [-0.3, -0.25) is 4.79 Å². The summed E-state index contributed by atoms with van der Waals surface area (Å²) in [4.78, 5) is 20.0. The van der Waals surface area contributed by atoms with Gasteiger partial charge in [-0.2, -0.15) is 0 Å². The molecule has 0 bridgehead atoms. The highest BCUT2D eigenvalue weighted by Crippen LogP contribution is 2.17. The van der Waals surface area contributed by atoms with E-state index in [9.17, 15) is 4.79 Å².